The van der Waals surface area contributed by atoms with Gasteiger partial charge in [-0.1, -0.05) is 42.5 Å². The van der Waals surface area contributed by atoms with E-state index in [1.807, 2.05) is 19.9 Å². The molecular formula is C20H20O4. The Balaban J connectivity index is 1.51. The highest BCUT2D eigenvalue weighted by atomic mass is 16.8. The molecule has 5 rings (SSSR count). The van der Waals surface area contributed by atoms with Crippen LogP contribution in [0.1, 0.15) is 31.1 Å². The van der Waals surface area contributed by atoms with Crippen molar-refractivity contribution in [2.75, 3.05) is 0 Å². The van der Waals surface area contributed by atoms with Crippen LogP contribution in [-0.2, 0) is 25.6 Å². The van der Waals surface area contributed by atoms with Crippen molar-refractivity contribution in [1.82, 2.24) is 0 Å². The Kier molecular flexibility index (Phi) is 3.13. The Morgan fingerprint density at radius 1 is 0.917 bits per heavy atom. The fraction of sp³-hybridized carbons (Fsp3) is 0.400. The summed E-state index contributed by atoms with van der Waals surface area (Å²) in [4.78, 5) is 0. The summed E-state index contributed by atoms with van der Waals surface area (Å²) in [5, 5.41) is 0. The molecule has 0 aromatic heterocycles. The Hall–Kier alpha value is -1.72. The summed E-state index contributed by atoms with van der Waals surface area (Å²) in [6.07, 6.45) is -0.779. The largest absolute Gasteiger partial charge is 0.368 e. The number of benzene rings is 2. The second-order valence-corrected chi connectivity index (χ2v) is 7.08. The van der Waals surface area contributed by atoms with E-state index in [9.17, 15) is 0 Å². The van der Waals surface area contributed by atoms with Crippen molar-refractivity contribution in [2.45, 2.75) is 50.8 Å². The third-order valence-electron chi connectivity index (χ3n) is 4.98. The molecule has 0 aliphatic carbocycles. The van der Waals surface area contributed by atoms with Crippen molar-refractivity contribution in [3.05, 3.63) is 59.7 Å². The molecule has 0 unspecified atom stereocenters. The molecule has 4 nitrogen and oxygen atoms in total. The predicted molar refractivity (Wildman–Crippen MR) is 88.1 cm³/mol. The van der Waals surface area contributed by atoms with Crippen LogP contribution in [0.3, 0.4) is 0 Å². The highest BCUT2D eigenvalue weighted by Gasteiger charge is 2.57. The predicted octanol–water partition coefficient (Wildman–Crippen LogP) is 3.80. The van der Waals surface area contributed by atoms with Gasteiger partial charge in [0.25, 0.3) is 0 Å². The Labute approximate surface area is 141 Å². The zero-order valence-electron chi connectivity index (χ0n) is 13.8. The maximum Gasteiger partial charge on any atom is 0.190 e. The molecule has 4 heteroatoms. The van der Waals surface area contributed by atoms with Gasteiger partial charge in [0, 0.05) is 0 Å². The molecule has 0 N–H and O–H groups in total. The average Bonchev–Trinajstić information content (AvgIpc) is 3.07. The van der Waals surface area contributed by atoms with Crippen molar-refractivity contribution in [1.29, 1.82) is 0 Å². The molecule has 3 aliphatic rings. The van der Waals surface area contributed by atoms with E-state index in [-0.39, 0.29) is 24.6 Å². The summed E-state index contributed by atoms with van der Waals surface area (Å²) in [6.45, 7) is 4.41. The van der Waals surface area contributed by atoms with Crippen molar-refractivity contribution >= 4 is 0 Å². The molecule has 2 aromatic rings. The summed E-state index contributed by atoms with van der Waals surface area (Å²) < 4.78 is 24.1. The van der Waals surface area contributed by atoms with E-state index in [2.05, 4.69) is 42.5 Å². The zero-order valence-corrected chi connectivity index (χ0v) is 13.8. The molecule has 3 aliphatic heterocycles. The van der Waals surface area contributed by atoms with Crippen LogP contribution in [0.25, 0.3) is 11.1 Å². The Morgan fingerprint density at radius 2 is 1.75 bits per heavy atom. The molecule has 0 saturated carbocycles. The maximum atomic E-state index is 6.17. The number of ether oxygens (including phenoxy) is 4. The zero-order chi connectivity index (χ0) is 16.3. The summed E-state index contributed by atoms with van der Waals surface area (Å²) in [6, 6.07) is 16.9. The van der Waals surface area contributed by atoms with Gasteiger partial charge in [-0.15, -0.1) is 0 Å². The lowest BCUT2D eigenvalue weighted by atomic mass is 9.91. The molecule has 0 amide bonds. The fourth-order valence-corrected chi connectivity index (χ4v) is 3.90. The lowest BCUT2D eigenvalue weighted by molar-refractivity contribution is -0.223. The van der Waals surface area contributed by atoms with Crippen LogP contribution >= 0.6 is 0 Å². The Bertz CT molecular complexity index is 770. The first-order chi connectivity index (χ1) is 11.6. The minimum absolute atomic E-state index is 0.115. The van der Waals surface area contributed by atoms with Gasteiger partial charge in [-0.3, -0.25) is 0 Å². The van der Waals surface area contributed by atoms with Gasteiger partial charge in [0.1, 0.15) is 18.3 Å². The van der Waals surface area contributed by atoms with Gasteiger partial charge >= 0.3 is 0 Å². The number of hydrogen-bond acceptors (Lipinski definition) is 4. The standard InChI is InChI=1S/C20H20O4/c1-20(2)23-18-17-16(22-19(18)24-20)15-10-13(8-9-14(15)11-21-17)12-6-4-3-5-7-12/h3-10,16-19H,11H2,1-2H3/t16-,17+,18-,19-/m1/s1. The minimum atomic E-state index is -0.615. The first-order valence-electron chi connectivity index (χ1n) is 8.42. The minimum Gasteiger partial charge on any atom is -0.368 e. The van der Waals surface area contributed by atoms with Crippen molar-refractivity contribution in [2.24, 2.45) is 0 Å². The van der Waals surface area contributed by atoms with Crippen molar-refractivity contribution in [3.8, 4) is 11.1 Å². The van der Waals surface area contributed by atoms with E-state index in [0.717, 1.165) is 0 Å². The van der Waals surface area contributed by atoms with Gasteiger partial charge in [0.05, 0.1) is 6.61 Å². The van der Waals surface area contributed by atoms with E-state index in [1.54, 1.807) is 0 Å². The third kappa shape index (κ3) is 2.22. The van der Waals surface area contributed by atoms with E-state index in [1.165, 1.54) is 22.3 Å². The third-order valence-corrected chi connectivity index (χ3v) is 4.98. The summed E-state index contributed by atoms with van der Waals surface area (Å²) in [7, 11) is 0. The first-order valence-corrected chi connectivity index (χ1v) is 8.42. The molecule has 24 heavy (non-hydrogen) atoms. The molecular weight excluding hydrogens is 304 g/mol. The second-order valence-electron chi connectivity index (χ2n) is 7.08. The smallest absolute Gasteiger partial charge is 0.190 e. The van der Waals surface area contributed by atoms with Gasteiger partial charge < -0.3 is 18.9 Å². The van der Waals surface area contributed by atoms with Crippen LogP contribution in [0.5, 0.6) is 0 Å². The van der Waals surface area contributed by atoms with Crippen LogP contribution in [0, 0.1) is 0 Å². The van der Waals surface area contributed by atoms with E-state index >= 15 is 0 Å². The van der Waals surface area contributed by atoms with Crippen LogP contribution in [0.4, 0.5) is 0 Å². The van der Waals surface area contributed by atoms with E-state index in [4.69, 9.17) is 18.9 Å². The van der Waals surface area contributed by atoms with Crippen LogP contribution in [0.2, 0.25) is 0 Å². The van der Waals surface area contributed by atoms with Gasteiger partial charge in [-0.2, -0.15) is 0 Å². The second kappa shape index (κ2) is 5.14. The normalized spacial score (nSPS) is 32.9. The van der Waals surface area contributed by atoms with Gasteiger partial charge in [0.15, 0.2) is 12.1 Å². The molecule has 0 bridgehead atoms. The lowest BCUT2D eigenvalue weighted by Gasteiger charge is -2.31. The van der Waals surface area contributed by atoms with Crippen molar-refractivity contribution < 1.29 is 18.9 Å². The molecule has 0 spiro atoms. The maximum absolute atomic E-state index is 6.17. The fourth-order valence-electron chi connectivity index (χ4n) is 3.90. The Morgan fingerprint density at radius 3 is 2.58 bits per heavy atom. The van der Waals surface area contributed by atoms with E-state index < -0.39 is 5.79 Å². The molecule has 2 aromatic carbocycles. The molecule has 2 fully saturated rings. The number of hydrogen-bond donors (Lipinski definition) is 0. The summed E-state index contributed by atoms with van der Waals surface area (Å²) in [5.41, 5.74) is 4.76. The average molecular weight is 324 g/mol. The van der Waals surface area contributed by atoms with Crippen LogP contribution in [0.15, 0.2) is 48.5 Å². The van der Waals surface area contributed by atoms with E-state index in [0.29, 0.717) is 6.61 Å². The molecule has 3 heterocycles. The molecule has 4 atom stereocenters. The lowest BCUT2D eigenvalue weighted by Crippen LogP contribution is -2.36. The number of rotatable bonds is 1. The molecule has 124 valence electrons. The number of fused-ring (bicyclic) bond motifs is 5. The van der Waals surface area contributed by atoms with Gasteiger partial charge in [0.2, 0.25) is 0 Å². The SMILES string of the molecule is CC1(C)O[C@H]2O[C@@H]3c4cc(-c5ccccc5)ccc4CO[C@@H]3[C@H]2O1. The van der Waals surface area contributed by atoms with Crippen molar-refractivity contribution in [3.63, 3.8) is 0 Å². The van der Waals surface area contributed by atoms with Crippen LogP contribution in [-0.4, -0.2) is 24.3 Å². The molecule has 0 radical (unpaired) electrons. The van der Waals surface area contributed by atoms with Gasteiger partial charge in [-0.05, 0) is 42.2 Å². The van der Waals surface area contributed by atoms with Gasteiger partial charge in [-0.25, -0.2) is 0 Å². The first kappa shape index (κ1) is 14.6. The molecule has 2 saturated heterocycles. The topological polar surface area (TPSA) is 36.9 Å². The van der Waals surface area contributed by atoms with Crippen LogP contribution < -0.4 is 0 Å². The summed E-state index contributed by atoms with van der Waals surface area (Å²) >= 11 is 0. The monoisotopic (exact) mass is 324 g/mol. The highest BCUT2D eigenvalue weighted by molar-refractivity contribution is 5.65. The highest BCUT2D eigenvalue weighted by Crippen LogP contribution is 2.48. The summed E-state index contributed by atoms with van der Waals surface area (Å²) in [5.74, 6) is -0.615. The quantitative estimate of drug-likeness (QED) is 0.799.